The van der Waals surface area contributed by atoms with E-state index in [4.69, 9.17) is 16.0 Å². The molecule has 1 amide bonds. The lowest BCUT2D eigenvalue weighted by molar-refractivity contribution is -0.112. The summed E-state index contributed by atoms with van der Waals surface area (Å²) in [5, 5.41) is 11.8. The summed E-state index contributed by atoms with van der Waals surface area (Å²) in [6.07, 6.45) is 1.29. The highest BCUT2D eigenvalue weighted by Gasteiger charge is 2.25. The second-order valence-corrected chi connectivity index (χ2v) is 11.0. The first kappa shape index (κ1) is 23.0. The van der Waals surface area contributed by atoms with Crippen LogP contribution in [-0.2, 0) is 14.6 Å². The zero-order valence-corrected chi connectivity index (χ0v) is 19.4. The number of aromatic nitrogens is 2. The molecule has 0 aliphatic rings. The highest BCUT2D eigenvalue weighted by atomic mass is 35.5. The minimum Gasteiger partial charge on any atom is -0.450 e. The summed E-state index contributed by atoms with van der Waals surface area (Å²) in [7, 11) is -3.66. The Balaban J connectivity index is 1.71. The van der Waals surface area contributed by atoms with Crippen LogP contribution < -0.4 is 5.32 Å². The number of nitriles is 1. The number of carbonyl (C=O) groups excluding carboxylic acids is 1. The molecule has 0 saturated heterocycles. The predicted molar refractivity (Wildman–Crippen MR) is 119 cm³/mol. The van der Waals surface area contributed by atoms with Crippen LogP contribution in [0.15, 0.2) is 61.5 Å². The maximum Gasteiger partial charge on any atom is 0.268 e. The van der Waals surface area contributed by atoms with Crippen LogP contribution in [0, 0.1) is 11.3 Å². The summed E-state index contributed by atoms with van der Waals surface area (Å²) < 4.78 is 33.6. The van der Waals surface area contributed by atoms with E-state index in [0.717, 1.165) is 16.4 Å². The maximum absolute atomic E-state index is 12.4. The van der Waals surface area contributed by atoms with Crippen LogP contribution in [0.2, 0.25) is 5.02 Å². The van der Waals surface area contributed by atoms with Gasteiger partial charge >= 0.3 is 0 Å². The Labute approximate surface area is 192 Å². The van der Waals surface area contributed by atoms with E-state index in [-0.39, 0.29) is 15.9 Å². The van der Waals surface area contributed by atoms with Crippen molar-refractivity contribution in [2.75, 3.05) is 5.32 Å². The minimum absolute atomic E-state index is 0.0243. The van der Waals surface area contributed by atoms with E-state index in [2.05, 4.69) is 14.7 Å². The molecule has 3 aromatic rings. The van der Waals surface area contributed by atoms with Crippen molar-refractivity contribution in [2.45, 2.75) is 34.2 Å². The average Bonchev–Trinajstić information content (AvgIpc) is 3.37. The first-order valence-electron chi connectivity index (χ1n) is 8.73. The van der Waals surface area contributed by atoms with E-state index >= 15 is 0 Å². The van der Waals surface area contributed by atoms with Gasteiger partial charge in [0, 0.05) is 27.5 Å². The van der Waals surface area contributed by atoms with E-state index in [1.165, 1.54) is 31.7 Å². The van der Waals surface area contributed by atoms with E-state index in [1.54, 1.807) is 30.3 Å². The number of nitrogens with zero attached hydrogens (tertiary/aromatic N) is 3. The Morgan fingerprint density at radius 1 is 1.29 bits per heavy atom. The summed E-state index contributed by atoms with van der Waals surface area (Å²) >= 11 is 7.95. The van der Waals surface area contributed by atoms with Gasteiger partial charge in [-0.15, -0.1) is 0 Å². The van der Waals surface area contributed by atoms with Gasteiger partial charge in [-0.25, -0.2) is 8.42 Å². The topological polar surface area (TPSA) is 126 Å². The third-order valence-electron chi connectivity index (χ3n) is 3.79. The molecule has 31 heavy (non-hydrogen) atoms. The van der Waals surface area contributed by atoms with E-state index in [1.807, 2.05) is 12.1 Å². The number of hydrogen-bond donors (Lipinski definition) is 1. The second kappa shape index (κ2) is 9.65. The molecular formula is C19H15ClN4O4S3. The van der Waals surface area contributed by atoms with Gasteiger partial charge in [0.05, 0.1) is 5.25 Å². The summed E-state index contributed by atoms with van der Waals surface area (Å²) in [5.74, 6) is -0.445. The SMILES string of the molecule is CC(C)S(=O)(=O)c1nsc(NC(=O)/C(C#N)=C\c2ccc(Sc3ccc(Cl)cc3)o2)n1. The summed E-state index contributed by atoms with van der Waals surface area (Å²) in [5.41, 5.74) is -0.235. The largest absolute Gasteiger partial charge is 0.450 e. The smallest absolute Gasteiger partial charge is 0.268 e. The fraction of sp³-hybridized carbons (Fsp3) is 0.158. The van der Waals surface area contributed by atoms with Gasteiger partial charge in [0.1, 0.15) is 17.4 Å². The highest BCUT2D eigenvalue weighted by Crippen LogP contribution is 2.30. The number of halogens is 1. The number of carbonyl (C=O) groups is 1. The molecule has 0 spiro atoms. The molecule has 0 bridgehead atoms. The minimum atomic E-state index is -3.66. The van der Waals surface area contributed by atoms with E-state index in [9.17, 15) is 18.5 Å². The Kier molecular flexibility index (Phi) is 7.17. The molecule has 0 aliphatic heterocycles. The van der Waals surface area contributed by atoms with Crippen LogP contribution in [0.25, 0.3) is 6.08 Å². The molecule has 0 saturated carbocycles. The summed E-state index contributed by atoms with van der Waals surface area (Å²) in [6.45, 7) is 3.02. The second-order valence-electron chi connectivity index (χ2n) is 6.31. The molecule has 0 atom stereocenters. The zero-order valence-electron chi connectivity index (χ0n) is 16.2. The molecule has 0 radical (unpaired) electrons. The van der Waals surface area contributed by atoms with Gasteiger partial charge in [-0.2, -0.15) is 14.6 Å². The lowest BCUT2D eigenvalue weighted by Gasteiger charge is -2.02. The van der Waals surface area contributed by atoms with Gasteiger partial charge < -0.3 is 4.42 Å². The quantitative estimate of drug-likeness (QED) is 0.371. The van der Waals surface area contributed by atoms with Crippen molar-refractivity contribution < 1.29 is 17.6 Å². The Morgan fingerprint density at radius 2 is 2.00 bits per heavy atom. The van der Waals surface area contributed by atoms with Crippen molar-refractivity contribution in [1.82, 2.24) is 9.36 Å². The van der Waals surface area contributed by atoms with Crippen LogP contribution in [0.4, 0.5) is 5.13 Å². The Bertz CT molecular complexity index is 1270. The Morgan fingerprint density at radius 3 is 2.65 bits per heavy atom. The van der Waals surface area contributed by atoms with Gasteiger partial charge in [-0.1, -0.05) is 23.4 Å². The molecule has 8 nitrogen and oxygen atoms in total. The summed E-state index contributed by atoms with van der Waals surface area (Å²) in [6, 6.07) is 12.3. The monoisotopic (exact) mass is 494 g/mol. The molecule has 2 aromatic heterocycles. The number of anilines is 1. The van der Waals surface area contributed by atoms with Crippen molar-refractivity contribution >= 4 is 61.8 Å². The lowest BCUT2D eigenvalue weighted by Crippen LogP contribution is -2.16. The molecule has 1 N–H and O–H groups in total. The number of rotatable bonds is 7. The first-order valence-corrected chi connectivity index (χ1v) is 12.2. The number of nitrogens with one attached hydrogen (secondary N) is 1. The molecule has 12 heteroatoms. The molecular weight excluding hydrogens is 480 g/mol. The lowest BCUT2D eigenvalue weighted by atomic mass is 10.2. The number of sulfone groups is 1. The number of hydrogen-bond acceptors (Lipinski definition) is 9. The van der Waals surface area contributed by atoms with Crippen LogP contribution in [0.3, 0.4) is 0 Å². The van der Waals surface area contributed by atoms with Crippen molar-refractivity contribution in [1.29, 1.82) is 5.26 Å². The fourth-order valence-corrected chi connectivity index (χ4v) is 4.73. The molecule has 0 unspecified atom stereocenters. The average molecular weight is 495 g/mol. The van der Waals surface area contributed by atoms with Crippen molar-refractivity contribution in [3.63, 3.8) is 0 Å². The number of benzene rings is 1. The number of furan rings is 1. The standard InChI is InChI=1S/C19H15ClN4O4S3/c1-11(2)31(26,27)19-23-18(30-24-19)22-17(25)12(10-21)9-14-5-8-16(28-14)29-15-6-3-13(20)4-7-15/h3-9,11H,1-2H3,(H,22,23,24,25)/b12-9-. The third kappa shape index (κ3) is 5.74. The number of amides is 1. The first-order chi connectivity index (χ1) is 14.7. The van der Waals surface area contributed by atoms with Gasteiger partial charge in [-0.3, -0.25) is 10.1 Å². The molecule has 2 heterocycles. The molecule has 0 aliphatic carbocycles. The maximum atomic E-state index is 12.4. The van der Waals surface area contributed by atoms with Crippen LogP contribution in [-0.4, -0.2) is 28.9 Å². The van der Waals surface area contributed by atoms with Gasteiger partial charge in [0.2, 0.25) is 15.0 Å². The molecule has 1 aromatic carbocycles. The Hall–Kier alpha value is -2.65. The van der Waals surface area contributed by atoms with Gasteiger partial charge in [0.15, 0.2) is 5.09 Å². The molecule has 3 rings (SSSR count). The van der Waals surface area contributed by atoms with Crippen LogP contribution >= 0.6 is 34.9 Å². The molecule has 0 fully saturated rings. The van der Waals surface area contributed by atoms with E-state index < -0.39 is 21.0 Å². The fourth-order valence-electron chi connectivity index (χ4n) is 2.13. The predicted octanol–water partition coefficient (Wildman–Crippen LogP) is 4.66. The zero-order chi connectivity index (χ0) is 22.6. The van der Waals surface area contributed by atoms with Crippen LogP contribution in [0.1, 0.15) is 19.6 Å². The third-order valence-corrected chi connectivity index (χ3v) is 7.65. The highest BCUT2D eigenvalue weighted by molar-refractivity contribution is 7.99. The van der Waals surface area contributed by atoms with Gasteiger partial charge in [-0.05, 0) is 50.2 Å². The van der Waals surface area contributed by atoms with Crippen LogP contribution in [0.5, 0.6) is 0 Å². The van der Waals surface area contributed by atoms with Gasteiger partial charge in [0.25, 0.3) is 11.1 Å². The normalized spacial score (nSPS) is 12.0. The van der Waals surface area contributed by atoms with E-state index in [0.29, 0.717) is 15.9 Å². The summed E-state index contributed by atoms with van der Waals surface area (Å²) in [4.78, 5) is 17.2. The molecule has 160 valence electrons. The van der Waals surface area contributed by atoms with Crippen molar-refractivity contribution in [2.24, 2.45) is 0 Å². The van der Waals surface area contributed by atoms with Crippen molar-refractivity contribution in [3.05, 3.63) is 52.8 Å². The van der Waals surface area contributed by atoms with Crippen molar-refractivity contribution in [3.8, 4) is 6.07 Å².